The number of allylic oxidation sites excluding steroid dienone is 1. The number of hydrogen-bond donors (Lipinski definition) is 1. The van der Waals surface area contributed by atoms with Gasteiger partial charge in [0.1, 0.15) is 5.60 Å². The minimum absolute atomic E-state index is 0.0334. The summed E-state index contributed by atoms with van der Waals surface area (Å²) in [6, 6.07) is 8.34. The topological polar surface area (TPSA) is 55.1 Å². The van der Waals surface area contributed by atoms with Crippen molar-refractivity contribution in [3.63, 3.8) is 0 Å². The van der Waals surface area contributed by atoms with E-state index in [2.05, 4.69) is 71.9 Å². The Hall–Kier alpha value is -1.72. The summed E-state index contributed by atoms with van der Waals surface area (Å²) in [5.74, 6) is 2.02. The van der Waals surface area contributed by atoms with E-state index >= 15 is 0 Å². The first-order valence-corrected chi connectivity index (χ1v) is 13.7. The number of halogens is 1. The lowest BCUT2D eigenvalue weighted by atomic mass is 9.44. The van der Waals surface area contributed by atoms with Crippen LogP contribution in [0.25, 0.3) is 11.8 Å². The van der Waals surface area contributed by atoms with Crippen molar-refractivity contribution in [1.82, 2.24) is 9.78 Å². The number of benzene rings is 1. The number of aliphatic hydroxyl groups is 1. The van der Waals surface area contributed by atoms with Crippen molar-refractivity contribution in [2.75, 3.05) is 0 Å². The molecule has 1 N–H and O–H groups in total. The van der Waals surface area contributed by atoms with E-state index in [1.54, 1.807) is 12.5 Å². The summed E-state index contributed by atoms with van der Waals surface area (Å²) in [6.45, 7) is 8.68. The van der Waals surface area contributed by atoms with Gasteiger partial charge in [0.2, 0.25) is 0 Å². The predicted molar refractivity (Wildman–Crippen MR) is 138 cm³/mol. The Kier molecular flexibility index (Phi) is 4.94. The molecule has 6 rings (SSSR count). The van der Waals surface area contributed by atoms with Gasteiger partial charge in [0, 0.05) is 9.89 Å². The Morgan fingerprint density at radius 2 is 1.97 bits per heavy atom. The zero-order valence-electron chi connectivity index (χ0n) is 20.6. The molecule has 2 aromatic rings. The second-order valence-electron chi connectivity index (χ2n) is 12.1. The molecule has 1 aromatic carbocycles. The molecule has 0 spiro atoms. The first-order valence-electron chi connectivity index (χ1n) is 12.9. The van der Waals surface area contributed by atoms with Crippen molar-refractivity contribution in [3.8, 4) is 5.69 Å². The third-order valence-electron chi connectivity index (χ3n) is 10.6. The van der Waals surface area contributed by atoms with E-state index in [0.29, 0.717) is 30.1 Å². The molecule has 3 saturated carbocycles. The highest BCUT2D eigenvalue weighted by atomic mass is 79.9. The van der Waals surface area contributed by atoms with Gasteiger partial charge in [0.05, 0.1) is 17.6 Å². The van der Waals surface area contributed by atoms with Gasteiger partial charge in [-0.15, -0.1) is 0 Å². The largest absolute Gasteiger partial charge is 0.382 e. The van der Waals surface area contributed by atoms with Crippen LogP contribution in [0.4, 0.5) is 0 Å². The van der Waals surface area contributed by atoms with Crippen LogP contribution < -0.4 is 0 Å². The minimum atomic E-state index is -1.15. The number of rotatable bonds is 2. The fourth-order valence-corrected chi connectivity index (χ4v) is 9.28. The van der Waals surface area contributed by atoms with Gasteiger partial charge in [0.25, 0.3) is 0 Å². The molecule has 0 radical (unpaired) electrons. The summed E-state index contributed by atoms with van der Waals surface area (Å²) in [5, 5.41) is 16.3. The van der Waals surface area contributed by atoms with E-state index < -0.39 is 5.60 Å². The molecule has 0 unspecified atom stereocenters. The second-order valence-corrected chi connectivity index (χ2v) is 13.0. The van der Waals surface area contributed by atoms with Gasteiger partial charge >= 0.3 is 0 Å². The molecule has 4 nitrogen and oxygen atoms in total. The fraction of sp³-hybridized carbons (Fsp3) is 0.586. The first-order chi connectivity index (χ1) is 16.1. The van der Waals surface area contributed by atoms with Crippen molar-refractivity contribution in [2.45, 2.75) is 71.8 Å². The summed E-state index contributed by atoms with van der Waals surface area (Å²) in [6.07, 6.45) is 10.3. The van der Waals surface area contributed by atoms with Gasteiger partial charge in [0.15, 0.2) is 5.78 Å². The van der Waals surface area contributed by atoms with E-state index in [0.717, 1.165) is 42.3 Å². The van der Waals surface area contributed by atoms with E-state index in [4.69, 9.17) is 5.10 Å². The zero-order chi connectivity index (χ0) is 24.0. The number of aromatic nitrogens is 2. The normalized spacial score (nSPS) is 40.6. The van der Waals surface area contributed by atoms with Crippen molar-refractivity contribution < 1.29 is 9.90 Å². The van der Waals surface area contributed by atoms with Crippen molar-refractivity contribution >= 4 is 27.8 Å². The van der Waals surface area contributed by atoms with Crippen LogP contribution in [0, 0.1) is 34.5 Å². The third-order valence-corrected chi connectivity index (χ3v) is 11.1. The van der Waals surface area contributed by atoms with Crippen LogP contribution in [0.1, 0.15) is 71.1 Å². The average Bonchev–Trinajstić information content (AvgIpc) is 3.31. The minimum Gasteiger partial charge on any atom is -0.382 e. The van der Waals surface area contributed by atoms with E-state index in [9.17, 15) is 9.90 Å². The lowest BCUT2D eigenvalue weighted by molar-refractivity contribution is -0.160. The van der Waals surface area contributed by atoms with E-state index in [1.165, 1.54) is 11.3 Å². The average molecular weight is 524 g/mol. The second kappa shape index (κ2) is 7.39. The van der Waals surface area contributed by atoms with Gasteiger partial charge in [-0.25, -0.2) is 4.68 Å². The summed E-state index contributed by atoms with van der Waals surface area (Å²) in [4.78, 5) is 12.5. The van der Waals surface area contributed by atoms with Gasteiger partial charge in [-0.1, -0.05) is 48.3 Å². The maximum absolute atomic E-state index is 12.5. The molecule has 0 amide bonds. The maximum atomic E-state index is 12.5. The Balaban J connectivity index is 1.39. The Morgan fingerprint density at radius 3 is 2.71 bits per heavy atom. The van der Waals surface area contributed by atoms with Gasteiger partial charge in [-0.3, -0.25) is 4.79 Å². The molecule has 5 heteroatoms. The van der Waals surface area contributed by atoms with Crippen molar-refractivity contribution in [1.29, 1.82) is 0 Å². The predicted octanol–water partition coefficient (Wildman–Crippen LogP) is 6.38. The molecule has 4 aliphatic rings. The Morgan fingerprint density at radius 1 is 1.21 bits per heavy atom. The van der Waals surface area contributed by atoms with E-state index in [1.807, 2.05) is 6.07 Å². The highest BCUT2D eigenvalue weighted by Crippen LogP contribution is 2.68. The molecular formula is C29H35BrN2O2. The SMILES string of the molecule is CC(=O)[C@@]1(O)CC[C@H]2[C@@H]3C[C@H](C)C4=Cc5c(cnn5-c5cccc(Br)c5)C[C@]4(C)[C@H]3CC[C@@]21C. The van der Waals surface area contributed by atoms with Crippen LogP contribution in [-0.2, 0) is 11.2 Å². The van der Waals surface area contributed by atoms with Gasteiger partial charge in [-0.2, -0.15) is 5.10 Å². The Labute approximate surface area is 211 Å². The molecule has 0 bridgehead atoms. The molecule has 1 heterocycles. The number of carbonyl (C=O) groups is 1. The molecule has 0 aliphatic heterocycles. The van der Waals surface area contributed by atoms with Crippen LogP contribution in [0.5, 0.6) is 0 Å². The summed E-state index contributed by atoms with van der Waals surface area (Å²) in [5.41, 5.74) is 3.89. The van der Waals surface area contributed by atoms with Crippen LogP contribution >= 0.6 is 15.9 Å². The highest BCUT2D eigenvalue weighted by Gasteiger charge is 2.66. The van der Waals surface area contributed by atoms with Crippen LogP contribution in [0.2, 0.25) is 0 Å². The smallest absolute Gasteiger partial charge is 0.161 e. The molecule has 180 valence electrons. The number of carbonyl (C=O) groups excluding carboxylic acids is 1. The fourth-order valence-electron chi connectivity index (χ4n) is 8.89. The number of nitrogens with zero attached hydrogens (tertiary/aromatic N) is 2. The molecule has 0 saturated heterocycles. The van der Waals surface area contributed by atoms with E-state index in [-0.39, 0.29) is 16.6 Å². The number of hydrogen-bond acceptors (Lipinski definition) is 3. The lowest BCUT2D eigenvalue weighted by Gasteiger charge is -2.60. The van der Waals surface area contributed by atoms with Gasteiger partial charge < -0.3 is 5.11 Å². The zero-order valence-corrected chi connectivity index (χ0v) is 22.2. The standard InChI is InChI=1S/C29H35BrN2O2/c1-17-12-22-23(8-10-28(4)24(22)9-11-29(28,34)18(2)33)27(3)15-19-16-31-32(26(19)14-25(17)27)21-7-5-6-20(30)13-21/h5-7,13-14,16-17,22-24,34H,8-12,15H2,1-4H3/t17-,22+,23-,24-,27+,28-,29-/m0/s1. The number of ketones is 1. The summed E-state index contributed by atoms with van der Waals surface area (Å²) >= 11 is 3.60. The third kappa shape index (κ3) is 2.86. The first kappa shape index (κ1) is 22.7. The number of Topliss-reactive ketones (excluding diaryl/α,β-unsaturated/α-hetero) is 1. The molecule has 3 fully saturated rings. The quantitative estimate of drug-likeness (QED) is 0.497. The van der Waals surface area contributed by atoms with Crippen molar-refractivity contribution in [2.24, 2.45) is 34.5 Å². The van der Waals surface area contributed by atoms with Crippen LogP contribution in [-0.4, -0.2) is 26.3 Å². The van der Waals surface area contributed by atoms with Gasteiger partial charge in [-0.05, 0) is 104 Å². The maximum Gasteiger partial charge on any atom is 0.161 e. The number of fused-ring (bicyclic) bond motifs is 6. The lowest BCUT2D eigenvalue weighted by Crippen LogP contribution is -2.58. The van der Waals surface area contributed by atoms with Crippen LogP contribution in [0.3, 0.4) is 0 Å². The van der Waals surface area contributed by atoms with Crippen molar-refractivity contribution in [3.05, 3.63) is 51.8 Å². The molecular weight excluding hydrogens is 488 g/mol. The summed E-state index contributed by atoms with van der Waals surface area (Å²) in [7, 11) is 0. The van der Waals surface area contributed by atoms with Crippen LogP contribution in [0.15, 0.2) is 40.5 Å². The monoisotopic (exact) mass is 522 g/mol. The summed E-state index contributed by atoms with van der Waals surface area (Å²) < 4.78 is 3.15. The molecule has 4 aliphatic carbocycles. The molecule has 7 atom stereocenters. The molecule has 34 heavy (non-hydrogen) atoms. The highest BCUT2D eigenvalue weighted by molar-refractivity contribution is 9.10. The Bertz CT molecular complexity index is 1220. The molecule has 1 aromatic heterocycles.